The lowest BCUT2D eigenvalue weighted by atomic mass is 10.0. The molecule has 0 aromatic heterocycles. The van der Waals surface area contributed by atoms with Crippen molar-refractivity contribution in [3.8, 4) is 11.5 Å². The number of aromatic hydroxyl groups is 1. The van der Waals surface area contributed by atoms with Gasteiger partial charge in [0.2, 0.25) is 0 Å². The molecule has 2 aliphatic heterocycles. The molecule has 0 bridgehead atoms. The summed E-state index contributed by atoms with van der Waals surface area (Å²) in [6.07, 6.45) is 4.95. The summed E-state index contributed by atoms with van der Waals surface area (Å²) in [5, 5.41) is 11.2. The van der Waals surface area contributed by atoms with Crippen molar-refractivity contribution in [2.75, 3.05) is 57.9 Å². The van der Waals surface area contributed by atoms with Crippen LogP contribution in [0, 0.1) is 0 Å². The smallest absolute Gasteiger partial charge is 0.410 e. The molecule has 1 N–H and O–H groups in total. The van der Waals surface area contributed by atoms with E-state index < -0.39 is 5.60 Å². The minimum absolute atomic E-state index is 0.122. The fourth-order valence-corrected chi connectivity index (χ4v) is 5.74. The molecule has 0 unspecified atom stereocenters. The minimum atomic E-state index is -0.526. The zero-order chi connectivity index (χ0) is 31.1. The molecule has 2 aromatic carbocycles. The Hall–Kier alpha value is -3.27. The van der Waals surface area contributed by atoms with Crippen molar-refractivity contribution in [2.24, 2.45) is 0 Å². The number of allylic oxidation sites excluding steroid dienone is 1. The highest BCUT2D eigenvalue weighted by Crippen LogP contribution is 2.33. The molecule has 2 aliphatic rings. The molecule has 0 radical (unpaired) electrons. The van der Waals surface area contributed by atoms with E-state index in [9.17, 15) is 14.7 Å². The largest absolute Gasteiger partial charge is 0.507 e. The van der Waals surface area contributed by atoms with Gasteiger partial charge in [-0.1, -0.05) is 17.7 Å². The molecule has 4 rings (SSSR count). The topological polar surface area (TPSA) is 91.8 Å². The summed E-state index contributed by atoms with van der Waals surface area (Å²) >= 11 is 6.62. The number of phenols is 1. The molecule has 2 aromatic rings. The number of rotatable bonds is 10. The van der Waals surface area contributed by atoms with Crippen molar-refractivity contribution in [1.29, 1.82) is 0 Å². The van der Waals surface area contributed by atoms with Crippen LogP contribution in [-0.4, -0.2) is 91.5 Å². The van der Waals surface area contributed by atoms with E-state index in [1.165, 1.54) is 12.1 Å². The van der Waals surface area contributed by atoms with E-state index in [0.29, 0.717) is 68.3 Å². The highest BCUT2D eigenvalue weighted by molar-refractivity contribution is 6.32. The van der Waals surface area contributed by atoms with E-state index in [4.69, 9.17) is 25.8 Å². The van der Waals surface area contributed by atoms with Gasteiger partial charge in [-0.2, -0.15) is 0 Å². The molecule has 2 heterocycles. The summed E-state index contributed by atoms with van der Waals surface area (Å²) in [5.74, 6) is 0.132. The van der Waals surface area contributed by atoms with Crippen LogP contribution in [0.3, 0.4) is 0 Å². The van der Waals surface area contributed by atoms with Gasteiger partial charge in [-0.05, 0) is 83.0 Å². The van der Waals surface area contributed by atoms with Crippen LogP contribution in [0.15, 0.2) is 36.4 Å². The standard InChI is InChI=1S/C33H44ClN3O6/c1-6-42-31-20-30(39)27(18-24(31)21-37-13-7-8-26(37)22-41-5)29(38)12-10-23-9-11-25(19-28(23)34)35-14-16-36(17-15-35)32(40)43-33(2,3)4/h9-12,18-20,26,39H,6-8,13-17,21-22H2,1-5H3/b12-10+/t26-/m1/s1. The molecular formula is C33H44ClN3O6. The number of carbonyl (C=O) groups excluding carboxylic acids is 2. The van der Waals surface area contributed by atoms with Gasteiger partial charge in [0.25, 0.3) is 0 Å². The maximum atomic E-state index is 13.2. The second kappa shape index (κ2) is 14.5. The summed E-state index contributed by atoms with van der Waals surface area (Å²) in [4.78, 5) is 31.9. The third-order valence-corrected chi connectivity index (χ3v) is 8.00. The van der Waals surface area contributed by atoms with Gasteiger partial charge in [0.15, 0.2) is 5.78 Å². The number of ether oxygens (including phenoxy) is 3. The number of ketones is 1. The third kappa shape index (κ3) is 8.65. The van der Waals surface area contributed by atoms with Crippen molar-refractivity contribution < 1.29 is 28.9 Å². The molecular weight excluding hydrogens is 570 g/mol. The van der Waals surface area contributed by atoms with E-state index >= 15 is 0 Å². The first-order valence-electron chi connectivity index (χ1n) is 15.0. The Bertz CT molecular complexity index is 1320. The maximum absolute atomic E-state index is 13.2. The summed E-state index contributed by atoms with van der Waals surface area (Å²) in [5.41, 5.74) is 2.18. The van der Waals surface area contributed by atoms with Gasteiger partial charge in [-0.3, -0.25) is 9.69 Å². The number of likely N-dealkylation sites (tertiary alicyclic amines) is 1. The van der Waals surface area contributed by atoms with Crippen LogP contribution in [-0.2, 0) is 16.0 Å². The number of nitrogens with zero attached hydrogens (tertiary/aromatic N) is 3. The molecule has 1 atom stereocenters. The average Bonchev–Trinajstić information content (AvgIpc) is 3.39. The Balaban J connectivity index is 1.43. The molecule has 0 saturated carbocycles. The SMILES string of the molecule is CCOc1cc(O)c(C(=O)/C=C/c2ccc(N3CCN(C(=O)OC(C)(C)C)CC3)cc2Cl)cc1CN1CCC[C@@H]1COC. The first-order valence-corrected chi connectivity index (χ1v) is 15.3. The zero-order valence-corrected chi connectivity index (χ0v) is 26.7. The second-order valence-electron chi connectivity index (χ2n) is 12.0. The van der Waals surface area contributed by atoms with Crippen LogP contribution in [0.1, 0.15) is 62.0 Å². The Morgan fingerprint density at radius 1 is 1.09 bits per heavy atom. The molecule has 9 nitrogen and oxygen atoms in total. The number of anilines is 1. The Morgan fingerprint density at radius 3 is 2.49 bits per heavy atom. The van der Waals surface area contributed by atoms with Crippen molar-refractivity contribution in [1.82, 2.24) is 9.80 Å². The third-order valence-electron chi connectivity index (χ3n) is 7.67. The summed E-state index contributed by atoms with van der Waals surface area (Å²) in [6.45, 7) is 12.6. The van der Waals surface area contributed by atoms with Crippen LogP contribution >= 0.6 is 11.6 Å². The fourth-order valence-electron chi connectivity index (χ4n) is 5.50. The number of benzene rings is 2. The Morgan fingerprint density at radius 2 is 1.84 bits per heavy atom. The van der Waals surface area contributed by atoms with Crippen molar-refractivity contribution >= 4 is 35.2 Å². The predicted octanol–water partition coefficient (Wildman–Crippen LogP) is 6.01. The predicted molar refractivity (Wildman–Crippen MR) is 169 cm³/mol. The van der Waals surface area contributed by atoms with E-state index in [0.717, 1.165) is 30.6 Å². The molecule has 43 heavy (non-hydrogen) atoms. The van der Waals surface area contributed by atoms with E-state index in [1.54, 1.807) is 24.2 Å². The van der Waals surface area contributed by atoms with Crippen LogP contribution in [0.2, 0.25) is 5.02 Å². The summed E-state index contributed by atoms with van der Waals surface area (Å²) in [6, 6.07) is 9.27. The van der Waals surface area contributed by atoms with Gasteiger partial charge in [-0.25, -0.2) is 4.79 Å². The van der Waals surface area contributed by atoms with Crippen molar-refractivity contribution in [2.45, 2.75) is 58.7 Å². The molecule has 1 amide bonds. The van der Waals surface area contributed by atoms with Gasteiger partial charge >= 0.3 is 6.09 Å². The second-order valence-corrected chi connectivity index (χ2v) is 12.4. The quantitative estimate of drug-likeness (QED) is 0.257. The van der Waals surface area contributed by atoms with Gasteiger partial charge in [-0.15, -0.1) is 0 Å². The van der Waals surface area contributed by atoms with Gasteiger partial charge < -0.3 is 29.1 Å². The normalized spacial score (nSPS) is 18.0. The molecule has 10 heteroatoms. The molecule has 0 spiro atoms. The number of halogens is 1. The van der Waals surface area contributed by atoms with Crippen LogP contribution in [0.4, 0.5) is 10.5 Å². The monoisotopic (exact) mass is 613 g/mol. The molecule has 2 saturated heterocycles. The minimum Gasteiger partial charge on any atom is -0.507 e. The van der Waals surface area contributed by atoms with E-state index in [1.807, 2.05) is 45.9 Å². The van der Waals surface area contributed by atoms with Crippen LogP contribution < -0.4 is 9.64 Å². The highest BCUT2D eigenvalue weighted by Gasteiger charge is 2.27. The Labute approximate surface area is 259 Å². The van der Waals surface area contributed by atoms with E-state index in [2.05, 4.69) is 9.80 Å². The number of methoxy groups -OCH3 is 1. The number of hydrogen-bond acceptors (Lipinski definition) is 8. The lowest BCUT2D eigenvalue weighted by molar-refractivity contribution is 0.0240. The lowest BCUT2D eigenvalue weighted by Gasteiger charge is -2.36. The lowest BCUT2D eigenvalue weighted by Crippen LogP contribution is -2.50. The summed E-state index contributed by atoms with van der Waals surface area (Å²) < 4.78 is 16.7. The van der Waals surface area contributed by atoms with Crippen molar-refractivity contribution in [3.05, 3.63) is 58.1 Å². The first kappa shape index (κ1) is 32.6. The number of amides is 1. The number of hydrogen-bond donors (Lipinski definition) is 1. The van der Waals surface area contributed by atoms with Crippen LogP contribution in [0.5, 0.6) is 11.5 Å². The highest BCUT2D eigenvalue weighted by atomic mass is 35.5. The van der Waals surface area contributed by atoms with E-state index in [-0.39, 0.29) is 23.2 Å². The van der Waals surface area contributed by atoms with Gasteiger partial charge in [0.1, 0.15) is 17.1 Å². The number of piperazine rings is 1. The number of carbonyl (C=O) groups is 2. The van der Waals surface area contributed by atoms with Crippen molar-refractivity contribution in [3.63, 3.8) is 0 Å². The summed E-state index contributed by atoms with van der Waals surface area (Å²) in [7, 11) is 1.71. The maximum Gasteiger partial charge on any atom is 0.410 e. The molecule has 2 fully saturated rings. The molecule has 234 valence electrons. The van der Waals surface area contributed by atoms with Crippen LogP contribution in [0.25, 0.3) is 6.08 Å². The Kier molecular flexibility index (Phi) is 11.0. The fraction of sp³-hybridized carbons (Fsp3) is 0.515. The average molecular weight is 614 g/mol. The number of phenolic OH excluding ortho intramolecular Hbond substituents is 1. The first-order chi connectivity index (χ1) is 20.5. The van der Waals surface area contributed by atoms with Gasteiger partial charge in [0, 0.05) is 68.2 Å². The molecule has 0 aliphatic carbocycles. The zero-order valence-electron chi connectivity index (χ0n) is 25.9. The van der Waals surface area contributed by atoms with Gasteiger partial charge in [0.05, 0.1) is 18.8 Å².